The summed E-state index contributed by atoms with van der Waals surface area (Å²) < 4.78 is 33.0. The van der Waals surface area contributed by atoms with E-state index in [1.807, 2.05) is 13.8 Å². The van der Waals surface area contributed by atoms with Gasteiger partial charge in [0.25, 0.3) is 15.9 Å². The zero-order chi connectivity index (χ0) is 20.8. The van der Waals surface area contributed by atoms with Gasteiger partial charge in [-0.3, -0.25) is 10.1 Å². The van der Waals surface area contributed by atoms with E-state index in [2.05, 4.69) is 20.5 Å². The molecule has 4 heterocycles. The number of anilines is 1. The van der Waals surface area contributed by atoms with Crippen LogP contribution >= 0.6 is 34.3 Å². The summed E-state index contributed by atoms with van der Waals surface area (Å²) in [6.45, 7) is 3.96. The number of hydrogen-bond donors (Lipinski definition) is 1. The van der Waals surface area contributed by atoms with Gasteiger partial charge < -0.3 is 4.42 Å². The van der Waals surface area contributed by atoms with Crippen molar-refractivity contribution in [2.24, 2.45) is 0 Å². The van der Waals surface area contributed by atoms with Crippen molar-refractivity contribution >= 4 is 56.2 Å². The molecular weight excluding hydrogens is 458 g/mol. The Kier molecular flexibility index (Phi) is 5.46. The molecule has 1 unspecified atom stereocenters. The van der Waals surface area contributed by atoms with Crippen molar-refractivity contribution in [1.82, 2.24) is 19.5 Å². The summed E-state index contributed by atoms with van der Waals surface area (Å²) in [5, 5.41) is 11.2. The van der Waals surface area contributed by atoms with Crippen LogP contribution < -0.4 is 5.32 Å². The first-order valence-corrected chi connectivity index (χ1v) is 12.1. The molecule has 1 N–H and O–H groups in total. The van der Waals surface area contributed by atoms with E-state index in [1.54, 1.807) is 0 Å². The fourth-order valence-electron chi connectivity index (χ4n) is 3.13. The molecule has 1 aliphatic rings. The van der Waals surface area contributed by atoms with Crippen molar-refractivity contribution in [1.29, 1.82) is 0 Å². The number of nitrogens with zero attached hydrogens (tertiary/aromatic N) is 4. The molecule has 4 rings (SSSR count). The molecule has 0 aliphatic carbocycles. The number of aromatic nitrogens is 3. The van der Waals surface area contributed by atoms with Crippen LogP contribution in [0.3, 0.4) is 0 Å². The highest BCUT2D eigenvalue weighted by atomic mass is 35.5. The van der Waals surface area contributed by atoms with E-state index < -0.39 is 22.0 Å². The summed E-state index contributed by atoms with van der Waals surface area (Å²) in [5.41, 5.74) is 0.761. The number of halogens is 1. The molecule has 9 nitrogen and oxygen atoms in total. The van der Waals surface area contributed by atoms with Gasteiger partial charge in [0.2, 0.25) is 5.91 Å². The SMILES string of the molecule is Cc1nc(C)c(-c2nnc(NC(=O)C3CCCN3S(=O)(=O)c3ccc(Cl)s3)o2)s1. The fourth-order valence-corrected chi connectivity index (χ4v) is 7.24. The van der Waals surface area contributed by atoms with E-state index in [4.69, 9.17) is 16.0 Å². The van der Waals surface area contributed by atoms with E-state index in [1.165, 1.54) is 27.8 Å². The van der Waals surface area contributed by atoms with Gasteiger partial charge in [-0.05, 0) is 38.8 Å². The minimum Gasteiger partial charge on any atom is -0.402 e. The highest BCUT2D eigenvalue weighted by Gasteiger charge is 2.40. The van der Waals surface area contributed by atoms with Gasteiger partial charge in [0.05, 0.1) is 15.0 Å². The van der Waals surface area contributed by atoms with Crippen LogP contribution in [0.4, 0.5) is 6.01 Å². The molecule has 29 heavy (non-hydrogen) atoms. The second kappa shape index (κ2) is 7.76. The topological polar surface area (TPSA) is 118 Å². The normalized spacial score (nSPS) is 17.7. The molecule has 0 aromatic carbocycles. The molecule has 0 spiro atoms. The summed E-state index contributed by atoms with van der Waals surface area (Å²) in [6.07, 6.45) is 0.975. The Morgan fingerprint density at radius 3 is 2.76 bits per heavy atom. The molecule has 3 aromatic rings. The van der Waals surface area contributed by atoms with Crippen molar-refractivity contribution in [3.05, 3.63) is 27.2 Å². The molecule has 0 radical (unpaired) electrons. The number of nitrogens with one attached hydrogen (secondary N) is 1. The minimum atomic E-state index is -3.81. The van der Waals surface area contributed by atoms with Crippen LogP contribution in [0, 0.1) is 13.8 Å². The lowest BCUT2D eigenvalue weighted by molar-refractivity contribution is -0.119. The molecular formula is C16H16ClN5O4S3. The number of amides is 1. The Morgan fingerprint density at radius 1 is 1.31 bits per heavy atom. The van der Waals surface area contributed by atoms with Crippen LogP contribution in [0.25, 0.3) is 10.8 Å². The number of carbonyl (C=O) groups excluding carboxylic acids is 1. The zero-order valence-electron chi connectivity index (χ0n) is 15.4. The van der Waals surface area contributed by atoms with Gasteiger partial charge in [0.1, 0.15) is 15.1 Å². The van der Waals surface area contributed by atoms with Crippen molar-refractivity contribution in [2.75, 3.05) is 11.9 Å². The van der Waals surface area contributed by atoms with Gasteiger partial charge in [-0.25, -0.2) is 13.4 Å². The molecule has 1 fully saturated rings. The first-order chi connectivity index (χ1) is 13.8. The van der Waals surface area contributed by atoms with Gasteiger partial charge in [-0.15, -0.1) is 27.8 Å². The highest BCUT2D eigenvalue weighted by molar-refractivity contribution is 7.91. The van der Waals surface area contributed by atoms with E-state index in [-0.39, 0.29) is 22.7 Å². The summed E-state index contributed by atoms with van der Waals surface area (Å²) >= 11 is 8.24. The molecule has 1 atom stereocenters. The molecule has 3 aromatic heterocycles. The molecule has 1 amide bonds. The van der Waals surface area contributed by atoms with Crippen molar-refractivity contribution in [2.45, 2.75) is 36.9 Å². The number of rotatable bonds is 5. The zero-order valence-corrected chi connectivity index (χ0v) is 18.6. The maximum Gasteiger partial charge on any atom is 0.322 e. The fraction of sp³-hybridized carbons (Fsp3) is 0.375. The number of sulfonamides is 1. The van der Waals surface area contributed by atoms with Crippen LogP contribution in [-0.2, 0) is 14.8 Å². The van der Waals surface area contributed by atoms with Gasteiger partial charge in [-0.1, -0.05) is 16.7 Å². The highest BCUT2D eigenvalue weighted by Crippen LogP contribution is 2.33. The first-order valence-electron chi connectivity index (χ1n) is 8.61. The van der Waals surface area contributed by atoms with Crippen molar-refractivity contribution in [3.63, 3.8) is 0 Å². The van der Waals surface area contributed by atoms with E-state index in [0.717, 1.165) is 26.9 Å². The average Bonchev–Trinajstić information content (AvgIpc) is 3.42. The number of thiophene rings is 1. The average molecular weight is 474 g/mol. The van der Waals surface area contributed by atoms with Crippen LogP contribution in [0.15, 0.2) is 20.8 Å². The molecule has 154 valence electrons. The van der Waals surface area contributed by atoms with Crippen LogP contribution in [0.2, 0.25) is 4.34 Å². The molecule has 13 heteroatoms. The first kappa shape index (κ1) is 20.4. The van der Waals surface area contributed by atoms with Crippen LogP contribution in [0.1, 0.15) is 23.5 Å². The maximum absolute atomic E-state index is 12.9. The van der Waals surface area contributed by atoms with Gasteiger partial charge >= 0.3 is 6.01 Å². The molecule has 1 saturated heterocycles. The molecule has 0 bridgehead atoms. The van der Waals surface area contributed by atoms with Crippen LogP contribution in [0.5, 0.6) is 0 Å². The number of aryl methyl sites for hydroxylation is 2. The lowest BCUT2D eigenvalue weighted by Crippen LogP contribution is -2.42. The van der Waals surface area contributed by atoms with E-state index in [0.29, 0.717) is 17.2 Å². The predicted octanol–water partition coefficient (Wildman–Crippen LogP) is 3.32. The van der Waals surface area contributed by atoms with E-state index >= 15 is 0 Å². The molecule has 0 saturated carbocycles. The van der Waals surface area contributed by atoms with E-state index in [9.17, 15) is 13.2 Å². The summed E-state index contributed by atoms with van der Waals surface area (Å²) in [5.74, 6) is -0.256. The number of hydrogen-bond acceptors (Lipinski definition) is 9. The Bertz CT molecular complexity index is 1170. The standard InChI is InChI=1S/C16H16ClN5O4S3/c1-8-13(27-9(2)18-8)15-20-21-16(26-15)19-14(23)10-4-3-7-22(10)29(24,25)12-6-5-11(17)28-12/h5-6,10H,3-4,7H2,1-2H3,(H,19,21,23). The Labute approximate surface area is 179 Å². The maximum atomic E-state index is 12.9. The Hall–Kier alpha value is -1.86. The van der Waals surface area contributed by atoms with Crippen molar-refractivity contribution in [3.8, 4) is 10.8 Å². The summed E-state index contributed by atoms with van der Waals surface area (Å²) in [6, 6.07) is 2.02. The Balaban J connectivity index is 1.52. The minimum absolute atomic E-state index is 0.0844. The third-order valence-electron chi connectivity index (χ3n) is 4.37. The second-order valence-corrected chi connectivity index (χ2v) is 11.4. The summed E-state index contributed by atoms with van der Waals surface area (Å²) in [4.78, 5) is 17.8. The third kappa shape index (κ3) is 3.94. The van der Waals surface area contributed by atoms with Gasteiger partial charge in [-0.2, -0.15) is 4.31 Å². The second-order valence-electron chi connectivity index (χ2n) is 6.38. The summed E-state index contributed by atoms with van der Waals surface area (Å²) in [7, 11) is -3.81. The smallest absolute Gasteiger partial charge is 0.322 e. The largest absolute Gasteiger partial charge is 0.402 e. The van der Waals surface area contributed by atoms with Crippen LogP contribution in [-0.4, -0.2) is 46.4 Å². The number of carbonyl (C=O) groups is 1. The van der Waals surface area contributed by atoms with Crippen molar-refractivity contribution < 1.29 is 17.6 Å². The third-order valence-corrected chi connectivity index (χ3v) is 9.04. The number of thiazole rings is 1. The molecule has 1 aliphatic heterocycles. The predicted molar refractivity (Wildman–Crippen MR) is 110 cm³/mol. The van der Waals surface area contributed by atoms with Gasteiger partial charge in [0.15, 0.2) is 0 Å². The lowest BCUT2D eigenvalue weighted by Gasteiger charge is -2.21. The lowest BCUT2D eigenvalue weighted by atomic mass is 10.2. The monoisotopic (exact) mass is 473 g/mol. The van der Waals surface area contributed by atoms with Gasteiger partial charge in [0, 0.05) is 6.54 Å². The quantitative estimate of drug-likeness (QED) is 0.603. The Morgan fingerprint density at radius 2 is 2.10 bits per heavy atom.